The van der Waals surface area contributed by atoms with Gasteiger partial charge in [0, 0.05) is 31.5 Å². The van der Waals surface area contributed by atoms with Gasteiger partial charge in [0.2, 0.25) is 0 Å². The first-order valence-corrected chi connectivity index (χ1v) is 7.20. The van der Waals surface area contributed by atoms with E-state index in [0.717, 1.165) is 44.2 Å². The number of hydrogen-bond acceptors (Lipinski definition) is 3. The summed E-state index contributed by atoms with van der Waals surface area (Å²) in [6.07, 6.45) is 8.34. The molecule has 4 heteroatoms. The van der Waals surface area contributed by atoms with Crippen LogP contribution in [0, 0.1) is 5.92 Å². The minimum Gasteiger partial charge on any atom is -0.391 e. The molecule has 0 saturated heterocycles. The van der Waals surface area contributed by atoms with Crippen molar-refractivity contribution in [3.63, 3.8) is 0 Å². The first kappa shape index (κ1) is 12.2. The molecule has 100 valence electrons. The van der Waals surface area contributed by atoms with Gasteiger partial charge < -0.3 is 9.67 Å². The summed E-state index contributed by atoms with van der Waals surface area (Å²) >= 11 is 0. The Kier molecular flexibility index (Phi) is 3.39. The van der Waals surface area contributed by atoms with Gasteiger partial charge in [0.05, 0.1) is 12.6 Å². The average Bonchev–Trinajstić information content (AvgIpc) is 2.86. The number of aromatic nitrogens is 2. The fourth-order valence-electron chi connectivity index (χ4n) is 3.45. The third-order valence-corrected chi connectivity index (χ3v) is 4.71. The summed E-state index contributed by atoms with van der Waals surface area (Å²) in [4.78, 5) is 6.85. The number of aliphatic hydroxyl groups excluding tert-OH is 1. The first-order chi connectivity index (χ1) is 8.78. The fraction of sp³-hybridized carbons (Fsp3) is 0.786. The van der Waals surface area contributed by atoms with E-state index >= 15 is 0 Å². The number of imidazole rings is 1. The lowest BCUT2D eigenvalue weighted by Gasteiger charge is -2.42. The van der Waals surface area contributed by atoms with Gasteiger partial charge in [0.1, 0.15) is 5.82 Å². The van der Waals surface area contributed by atoms with Crippen LogP contribution >= 0.6 is 0 Å². The van der Waals surface area contributed by atoms with Crippen molar-refractivity contribution >= 4 is 0 Å². The molecule has 1 saturated carbocycles. The third-order valence-electron chi connectivity index (χ3n) is 4.71. The summed E-state index contributed by atoms with van der Waals surface area (Å²) in [5, 5.41) is 10.3. The number of fused-ring (bicyclic) bond motifs is 1. The standard InChI is InChI=1S/C14H23N3O/c1-2-11-3-4-13(18)12(9-11)17-8-7-16-6-5-15-14(16)10-17/h5-6,11-13,18H,2-4,7-10H2,1H3. The van der Waals surface area contributed by atoms with Crippen LogP contribution in [0.1, 0.15) is 38.4 Å². The Morgan fingerprint density at radius 2 is 2.28 bits per heavy atom. The van der Waals surface area contributed by atoms with E-state index in [2.05, 4.69) is 27.6 Å². The van der Waals surface area contributed by atoms with Crippen LogP contribution in [0.15, 0.2) is 12.4 Å². The summed E-state index contributed by atoms with van der Waals surface area (Å²) in [5.74, 6) is 1.94. The molecule has 1 aliphatic heterocycles. The molecule has 0 aromatic carbocycles. The van der Waals surface area contributed by atoms with Crippen molar-refractivity contribution in [1.82, 2.24) is 14.5 Å². The molecule has 1 aromatic heterocycles. The zero-order valence-corrected chi connectivity index (χ0v) is 11.1. The molecule has 1 aliphatic carbocycles. The van der Waals surface area contributed by atoms with Gasteiger partial charge in [-0.3, -0.25) is 4.90 Å². The van der Waals surface area contributed by atoms with E-state index in [1.807, 2.05) is 6.20 Å². The predicted molar refractivity (Wildman–Crippen MR) is 70.1 cm³/mol. The second kappa shape index (κ2) is 5.02. The second-order valence-electron chi connectivity index (χ2n) is 5.73. The lowest BCUT2D eigenvalue weighted by atomic mass is 9.81. The number of hydrogen-bond donors (Lipinski definition) is 1. The third kappa shape index (κ3) is 2.19. The van der Waals surface area contributed by atoms with Gasteiger partial charge in [-0.2, -0.15) is 0 Å². The second-order valence-corrected chi connectivity index (χ2v) is 5.73. The highest BCUT2D eigenvalue weighted by Crippen LogP contribution is 2.31. The molecular weight excluding hydrogens is 226 g/mol. The summed E-state index contributed by atoms with van der Waals surface area (Å²) in [7, 11) is 0. The Hall–Kier alpha value is -0.870. The minimum atomic E-state index is -0.144. The molecule has 1 fully saturated rings. The Morgan fingerprint density at radius 1 is 1.39 bits per heavy atom. The Balaban J connectivity index is 1.71. The van der Waals surface area contributed by atoms with Crippen LogP contribution < -0.4 is 0 Å². The highest BCUT2D eigenvalue weighted by molar-refractivity contribution is 4.98. The zero-order chi connectivity index (χ0) is 12.5. The van der Waals surface area contributed by atoms with Gasteiger partial charge in [-0.15, -0.1) is 0 Å². The Labute approximate surface area is 109 Å². The first-order valence-electron chi connectivity index (χ1n) is 7.20. The van der Waals surface area contributed by atoms with E-state index in [4.69, 9.17) is 0 Å². The van der Waals surface area contributed by atoms with Crippen molar-refractivity contribution < 1.29 is 5.11 Å². The topological polar surface area (TPSA) is 41.3 Å². The Bertz CT molecular complexity index is 403. The van der Waals surface area contributed by atoms with Crippen LogP contribution in [0.4, 0.5) is 0 Å². The average molecular weight is 249 g/mol. The van der Waals surface area contributed by atoms with Crippen molar-refractivity contribution in [3.8, 4) is 0 Å². The van der Waals surface area contributed by atoms with Gasteiger partial charge in [-0.05, 0) is 25.2 Å². The number of rotatable bonds is 2. The molecule has 3 rings (SSSR count). The van der Waals surface area contributed by atoms with E-state index in [0.29, 0.717) is 6.04 Å². The molecule has 1 N–H and O–H groups in total. The largest absolute Gasteiger partial charge is 0.391 e. The van der Waals surface area contributed by atoms with Crippen molar-refractivity contribution in [3.05, 3.63) is 18.2 Å². The van der Waals surface area contributed by atoms with Crippen molar-refractivity contribution in [2.24, 2.45) is 5.92 Å². The molecule has 18 heavy (non-hydrogen) atoms. The number of nitrogens with zero attached hydrogens (tertiary/aromatic N) is 3. The lowest BCUT2D eigenvalue weighted by molar-refractivity contribution is -0.00953. The van der Waals surface area contributed by atoms with Crippen molar-refractivity contribution in [1.29, 1.82) is 0 Å². The molecule has 2 heterocycles. The quantitative estimate of drug-likeness (QED) is 0.866. The molecular formula is C14H23N3O. The lowest BCUT2D eigenvalue weighted by Crippen LogP contribution is -2.50. The van der Waals surface area contributed by atoms with E-state index < -0.39 is 0 Å². The summed E-state index contributed by atoms with van der Waals surface area (Å²) in [6, 6.07) is 0.342. The number of aliphatic hydroxyl groups is 1. The molecule has 1 aromatic rings. The van der Waals surface area contributed by atoms with Gasteiger partial charge in [-0.25, -0.2) is 4.98 Å². The van der Waals surface area contributed by atoms with E-state index in [1.54, 1.807) is 0 Å². The summed E-state index contributed by atoms with van der Waals surface area (Å²) in [5.41, 5.74) is 0. The maximum atomic E-state index is 10.3. The molecule has 2 aliphatic rings. The van der Waals surface area contributed by atoms with Crippen LogP contribution in [0.3, 0.4) is 0 Å². The molecule has 4 nitrogen and oxygen atoms in total. The molecule has 0 spiro atoms. The van der Waals surface area contributed by atoms with Gasteiger partial charge in [0.25, 0.3) is 0 Å². The summed E-state index contributed by atoms with van der Waals surface area (Å²) in [6.45, 7) is 5.21. The van der Waals surface area contributed by atoms with E-state index in [-0.39, 0.29) is 6.10 Å². The zero-order valence-electron chi connectivity index (χ0n) is 11.1. The molecule has 3 atom stereocenters. The highest BCUT2D eigenvalue weighted by Gasteiger charge is 2.34. The maximum absolute atomic E-state index is 10.3. The van der Waals surface area contributed by atoms with Gasteiger partial charge in [-0.1, -0.05) is 13.3 Å². The monoisotopic (exact) mass is 249 g/mol. The van der Waals surface area contributed by atoms with Crippen LogP contribution in [0.25, 0.3) is 0 Å². The molecule has 0 amide bonds. The van der Waals surface area contributed by atoms with Crippen LogP contribution in [-0.4, -0.2) is 38.2 Å². The normalized spacial score (nSPS) is 33.3. The fourth-order valence-corrected chi connectivity index (χ4v) is 3.45. The van der Waals surface area contributed by atoms with Crippen molar-refractivity contribution in [2.75, 3.05) is 6.54 Å². The highest BCUT2D eigenvalue weighted by atomic mass is 16.3. The van der Waals surface area contributed by atoms with Crippen molar-refractivity contribution in [2.45, 2.75) is 57.8 Å². The maximum Gasteiger partial charge on any atom is 0.122 e. The summed E-state index contributed by atoms with van der Waals surface area (Å²) < 4.78 is 2.23. The van der Waals surface area contributed by atoms with Gasteiger partial charge >= 0.3 is 0 Å². The minimum absolute atomic E-state index is 0.144. The van der Waals surface area contributed by atoms with Crippen LogP contribution in [0.2, 0.25) is 0 Å². The molecule has 0 radical (unpaired) electrons. The smallest absolute Gasteiger partial charge is 0.122 e. The van der Waals surface area contributed by atoms with E-state index in [9.17, 15) is 5.11 Å². The SMILES string of the molecule is CCC1CCC(O)C(N2CCn3ccnc3C2)C1. The van der Waals surface area contributed by atoms with Gasteiger partial charge in [0.15, 0.2) is 0 Å². The molecule has 0 bridgehead atoms. The Morgan fingerprint density at radius 3 is 3.11 bits per heavy atom. The van der Waals surface area contributed by atoms with Crippen LogP contribution in [-0.2, 0) is 13.1 Å². The predicted octanol–water partition coefficient (Wildman–Crippen LogP) is 1.64. The molecule has 3 unspecified atom stereocenters. The van der Waals surface area contributed by atoms with E-state index in [1.165, 1.54) is 12.8 Å². The van der Waals surface area contributed by atoms with Crippen LogP contribution in [0.5, 0.6) is 0 Å².